The Morgan fingerprint density at radius 3 is 2.84 bits per heavy atom. The Balaban J connectivity index is 2.07. The fourth-order valence-electron chi connectivity index (χ4n) is 2.30. The van der Waals surface area contributed by atoms with E-state index in [2.05, 4.69) is 5.32 Å². The number of hydrogen-bond donors (Lipinski definition) is 1. The third-order valence-corrected chi connectivity index (χ3v) is 3.23. The minimum absolute atomic E-state index is 0.0843. The zero-order valence-electron chi connectivity index (χ0n) is 11.0. The van der Waals surface area contributed by atoms with Crippen LogP contribution in [0, 0.1) is 11.6 Å². The van der Waals surface area contributed by atoms with E-state index in [9.17, 15) is 13.6 Å². The van der Waals surface area contributed by atoms with E-state index in [0.29, 0.717) is 19.4 Å². The summed E-state index contributed by atoms with van der Waals surface area (Å²) in [7, 11) is 0. The Labute approximate surface area is 111 Å². The highest BCUT2D eigenvalue weighted by atomic mass is 19.2. The molecule has 19 heavy (non-hydrogen) atoms. The number of carbonyl (C=O) groups excluding carboxylic acids is 1. The van der Waals surface area contributed by atoms with E-state index in [0.717, 1.165) is 6.07 Å². The van der Waals surface area contributed by atoms with Crippen molar-refractivity contribution in [2.45, 2.75) is 38.3 Å². The summed E-state index contributed by atoms with van der Waals surface area (Å²) in [6, 6.07) is 3.50. The number of hydrogen-bond acceptors (Lipinski definition) is 2. The Morgan fingerprint density at radius 2 is 2.16 bits per heavy atom. The Morgan fingerprint density at radius 1 is 1.42 bits per heavy atom. The van der Waals surface area contributed by atoms with Crippen molar-refractivity contribution >= 4 is 5.91 Å². The van der Waals surface area contributed by atoms with Crippen molar-refractivity contribution in [3.8, 4) is 0 Å². The molecule has 104 valence electrons. The number of nitrogens with one attached hydrogen (secondary N) is 1. The highest BCUT2D eigenvalue weighted by molar-refractivity contribution is 5.94. The summed E-state index contributed by atoms with van der Waals surface area (Å²) in [6.45, 7) is 4.42. The molecule has 1 aliphatic heterocycles. The van der Waals surface area contributed by atoms with Crippen molar-refractivity contribution in [3.63, 3.8) is 0 Å². The van der Waals surface area contributed by atoms with Crippen LogP contribution < -0.4 is 5.32 Å². The molecule has 1 fully saturated rings. The van der Waals surface area contributed by atoms with Gasteiger partial charge in [-0.3, -0.25) is 4.79 Å². The van der Waals surface area contributed by atoms with Gasteiger partial charge in [0, 0.05) is 12.6 Å². The first-order valence-corrected chi connectivity index (χ1v) is 6.28. The van der Waals surface area contributed by atoms with Crippen LogP contribution in [0.4, 0.5) is 8.78 Å². The lowest BCUT2D eigenvalue weighted by Crippen LogP contribution is -2.46. The normalized spacial score (nSPS) is 22.0. The molecule has 1 aromatic carbocycles. The fraction of sp³-hybridized carbons (Fsp3) is 0.500. The molecule has 0 radical (unpaired) electrons. The van der Waals surface area contributed by atoms with Crippen molar-refractivity contribution < 1.29 is 18.3 Å². The zero-order chi connectivity index (χ0) is 14.0. The molecule has 1 unspecified atom stereocenters. The molecular weight excluding hydrogens is 252 g/mol. The van der Waals surface area contributed by atoms with Gasteiger partial charge in [0.2, 0.25) is 0 Å². The Bertz CT molecular complexity index is 488. The summed E-state index contributed by atoms with van der Waals surface area (Å²) in [6.07, 6.45) is 1.32. The first kappa shape index (κ1) is 13.9. The number of halogens is 2. The average molecular weight is 269 g/mol. The van der Waals surface area contributed by atoms with E-state index < -0.39 is 17.5 Å². The summed E-state index contributed by atoms with van der Waals surface area (Å²) in [4.78, 5) is 11.9. The summed E-state index contributed by atoms with van der Waals surface area (Å²) in [5.41, 5.74) is -0.569. The van der Waals surface area contributed by atoms with Gasteiger partial charge < -0.3 is 10.1 Å². The lowest BCUT2D eigenvalue weighted by atomic mass is 9.93. The van der Waals surface area contributed by atoms with Gasteiger partial charge in [0.15, 0.2) is 11.6 Å². The molecule has 1 saturated heterocycles. The first-order valence-electron chi connectivity index (χ1n) is 6.28. The Hall–Kier alpha value is -1.49. The van der Waals surface area contributed by atoms with E-state index in [1.54, 1.807) is 0 Å². The number of rotatable bonds is 2. The second-order valence-corrected chi connectivity index (χ2v) is 5.37. The van der Waals surface area contributed by atoms with E-state index in [-0.39, 0.29) is 17.2 Å². The maximum Gasteiger partial charge on any atom is 0.254 e. The van der Waals surface area contributed by atoms with Crippen LogP contribution in [0.1, 0.15) is 37.0 Å². The standard InChI is InChI=1S/C14H17F2NO2/c1-14(2)8-9(6-7-19-14)17-13(18)10-4-3-5-11(15)12(10)16/h3-5,9H,6-8H2,1-2H3,(H,17,18). The predicted molar refractivity (Wildman–Crippen MR) is 66.9 cm³/mol. The highest BCUT2D eigenvalue weighted by Gasteiger charge is 2.30. The number of benzene rings is 1. The molecule has 1 atom stereocenters. The molecule has 0 aromatic heterocycles. The van der Waals surface area contributed by atoms with Gasteiger partial charge in [-0.25, -0.2) is 8.78 Å². The SMILES string of the molecule is CC1(C)CC(NC(=O)c2cccc(F)c2F)CCO1. The number of carbonyl (C=O) groups is 1. The van der Waals surface area contributed by atoms with Crippen LogP contribution in [0.3, 0.4) is 0 Å². The van der Waals surface area contributed by atoms with Crippen LogP contribution in [0.25, 0.3) is 0 Å². The van der Waals surface area contributed by atoms with Crippen molar-refractivity contribution in [3.05, 3.63) is 35.4 Å². The van der Waals surface area contributed by atoms with Gasteiger partial charge in [0.25, 0.3) is 5.91 Å². The number of ether oxygens (including phenoxy) is 1. The quantitative estimate of drug-likeness (QED) is 0.896. The molecule has 1 heterocycles. The molecule has 1 aliphatic rings. The van der Waals surface area contributed by atoms with Gasteiger partial charge in [0.05, 0.1) is 11.2 Å². The van der Waals surface area contributed by atoms with Crippen molar-refractivity contribution in [1.82, 2.24) is 5.32 Å². The minimum Gasteiger partial charge on any atom is -0.375 e. The molecule has 5 heteroatoms. The van der Waals surface area contributed by atoms with Crippen molar-refractivity contribution in [1.29, 1.82) is 0 Å². The summed E-state index contributed by atoms with van der Waals surface area (Å²) >= 11 is 0. The lowest BCUT2D eigenvalue weighted by Gasteiger charge is -2.35. The maximum atomic E-state index is 13.5. The smallest absolute Gasteiger partial charge is 0.254 e. The van der Waals surface area contributed by atoms with Gasteiger partial charge in [-0.1, -0.05) is 6.07 Å². The van der Waals surface area contributed by atoms with Gasteiger partial charge in [-0.15, -0.1) is 0 Å². The molecule has 1 amide bonds. The van der Waals surface area contributed by atoms with Gasteiger partial charge in [-0.05, 0) is 38.8 Å². The fourth-order valence-corrected chi connectivity index (χ4v) is 2.30. The molecule has 1 aromatic rings. The molecule has 0 saturated carbocycles. The topological polar surface area (TPSA) is 38.3 Å². The molecule has 3 nitrogen and oxygen atoms in total. The molecule has 0 spiro atoms. The second kappa shape index (κ2) is 5.25. The Kier molecular flexibility index (Phi) is 3.85. The molecular formula is C14H17F2NO2. The third kappa shape index (κ3) is 3.29. The minimum atomic E-state index is -1.11. The molecule has 2 rings (SSSR count). The van der Waals surface area contributed by atoms with Crippen LogP contribution in [0.5, 0.6) is 0 Å². The van der Waals surface area contributed by atoms with Crippen LogP contribution in [-0.4, -0.2) is 24.2 Å². The van der Waals surface area contributed by atoms with Gasteiger partial charge in [-0.2, -0.15) is 0 Å². The monoisotopic (exact) mass is 269 g/mol. The van der Waals surface area contributed by atoms with Crippen LogP contribution in [0.15, 0.2) is 18.2 Å². The second-order valence-electron chi connectivity index (χ2n) is 5.37. The van der Waals surface area contributed by atoms with Crippen molar-refractivity contribution in [2.75, 3.05) is 6.61 Å². The van der Waals surface area contributed by atoms with Crippen molar-refractivity contribution in [2.24, 2.45) is 0 Å². The number of amides is 1. The van der Waals surface area contributed by atoms with Gasteiger partial charge >= 0.3 is 0 Å². The zero-order valence-corrected chi connectivity index (χ0v) is 11.0. The molecule has 1 N–H and O–H groups in total. The van der Waals surface area contributed by atoms with E-state index in [4.69, 9.17) is 4.74 Å². The highest BCUT2D eigenvalue weighted by Crippen LogP contribution is 2.24. The average Bonchev–Trinajstić information content (AvgIpc) is 2.31. The van der Waals surface area contributed by atoms with Gasteiger partial charge in [0.1, 0.15) is 0 Å². The van der Waals surface area contributed by atoms with E-state index >= 15 is 0 Å². The summed E-state index contributed by atoms with van der Waals surface area (Å²) < 4.78 is 32.1. The van der Waals surface area contributed by atoms with Crippen LogP contribution >= 0.6 is 0 Å². The summed E-state index contributed by atoms with van der Waals surface area (Å²) in [5.74, 6) is -2.70. The third-order valence-electron chi connectivity index (χ3n) is 3.23. The van der Waals surface area contributed by atoms with Crippen LogP contribution in [-0.2, 0) is 4.74 Å². The lowest BCUT2D eigenvalue weighted by molar-refractivity contribution is -0.0615. The first-order chi connectivity index (χ1) is 8.89. The molecule has 0 bridgehead atoms. The largest absolute Gasteiger partial charge is 0.375 e. The summed E-state index contributed by atoms with van der Waals surface area (Å²) in [5, 5.41) is 2.73. The van der Waals surface area contributed by atoms with Crippen LogP contribution in [0.2, 0.25) is 0 Å². The van der Waals surface area contributed by atoms with E-state index in [1.807, 2.05) is 13.8 Å². The maximum absolute atomic E-state index is 13.5. The van der Waals surface area contributed by atoms with E-state index in [1.165, 1.54) is 12.1 Å². The molecule has 0 aliphatic carbocycles. The predicted octanol–water partition coefficient (Wildman–Crippen LogP) is 2.65.